The molecule has 2 aliphatic rings. The first kappa shape index (κ1) is 12.4. The van der Waals surface area contributed by atoms with Gasteiger partial charge in [0.15, 0.2) is 5.78 Å². The van der Waals surface area contributed by atoms with Gasteiger partial charge in [-0.15, -0.1) is 0 Å². The molecule has 1 saturated carbocycles. The fourth-order valence-electron chi connectivity index (χ4n) is 3.19. The Bertz CT molecular complexity index is 558. The van der Waals surface area contributed by atoms with Crippen LogP contribution in [0.15, 0.2) is 35.9 Å². The van der Waals surface area contributed by atoms with Crippen molar-refractivity contribution in [1.29, 1.82) is 0 Å². The van der Waals surface area contributed by atoms with Crippen LogP contribution >= 0.6 is 0 Å². The first-order valence-corrected chi connectivity index (χ1v) is 6.62. The van der Waals surface area contributed by atoms with E-state index in [0.29, 0.717) is 17.6 Å². The smallest absolute Gasteiger partial charge is 0.191 e. The van der Waals surface area contributed by atoms with E-state index < -0.39 is 5.60 Å². The van der Waals surface area contributed by atoms with E-state index in [0.717, 1.165) is 18.6 Å². The number of aliphatic hydroxyl groups is 1. The van der Waals surface area contributed by atoms with Crippen LogP contribution in [0.25, 0.3) is 0 Å². The SMILES string of the molecule is COc1ccc(C(=O)C2=CC[C@@]3(C)CC[C@@]23O)cc1. The molecule has 3 nitrogen and oxygen atoms in total. The van der Waals surface area contributed by atoms with Gasteiger partial charge in [0, 0.05) is 16.6 Å². The van der Waals surface area contributed by atoms with E-state index in [1.54, 1.807) is 31.4 Å². The second-order valence-corrected chi connectivity index (χ2v) is 5.80. The van der Waals surface area contributed by atoms with Crippen molar-refractivity contribution < 1.29 is 14.6 Å². The van der Waals surface area contributed by atoms with Crippen LogP contribution in [0, 0.1) is 5.41 Å². The molecule has 0 aliphatic heterocycles. The minimum atomic E-state index is -0.913. The molecule has 100 valence electrons. The quantitative estimate of drug-likeness (QED) is 0.848. The summed E-state index contributed by atoms with van der Waals surface area (Å²) in [5, 5.41) is 10.7. The summed E-state index contributed by atoms with van der Waals surface area (Å²) in [7, 11) is 1.60. The molecule has 2 atom stereocenters. The zero-order valence-electron chi connectivity index (χ0n) is 11.3. The number of fused-ring (bicyclic) bond motifs is 1. The molecule has 19 heavy (non-hydrogen) atoms. The summed E-state index contributed by atoms with van der Waals surface area (Å²) in [6.07, 6.45) is 4.39. The zero-order valence-corrected chi connectivity index (χ0v) is 11.3. The van der Waals surface area contributed by atoms with Crippen molar-refractivity contribution in [2.24, 2.45) is 5.41 Å². The standard InChI is InChI=1S/C16H18O3/c1-15-8-7-13(16(15,18)10-9-15)14(17)11-3-5-12(19-2)6-4-11/h3-7,18H,8-10H2,1-2H3/t15-,16+/m0/s1. The number of hydrogen-bond donors (Lipinski definition) is 1. The molecule has 3 heteroatoms. The molecule has 1 aromatic rings. The van der Waals surface area contributed by atoms with Crippen LogP contribution in [-0.2, 0) is 0 Å². The highest BCUT2D eigenvalue weighted by molar-refractivity contribution is 6.10. The Kier molecular flexibility index (Phi) is 2.58. The minimum absolute atomic E-state index is 0.0615. The number of allylic oxidation sites excluding steroid dienone is 1. The van der Waals surface area contributed by atoms with E-state index in [-0.39, 0.29) is 11.2 Å². The van der Waals surface area contributed by atoms with E-state index in [9.17, 15) is 9.90 Å². The van der Waals surface area contributed by atoms with Crippen LogP contribution in [0.1, 0.15) is 36.5 Å². The maximum atomic E-state index is 12.5. The van der Waals surface area contributed by atoms with Crippen LogP contribution in [0.3, 0.4) is 0 Å². The normalized spacial score (nSPS) is 32.3. The fourth-order valence-corrected chi connectivity index (χ4v) is 3.19. The largest absolute Gasteiger partial charge is 0.497 e. The van der Waals surface area contributed by atoms with E-state index in [1.165, 1.54) is 0 Å². The molecule has 0 saturated heterocycles. The van der Waals surface area contributed by atoms with Crippen molar-refractivity contribution in [3.63, 3.8) is 0 Å². The Labute approximate surface area is 112 Å². The van der Waals surface area contributed by atoms with Crippen molar-refractivity contribution in [2.45, 2.75) is 31.8 Å². The third kappa shape index (κ3) is 1.58. The van der Waals surface area contributed by atoms with Gasteiger partial charge in [0.25, 0.3) is 0 Å². The van der Waals surface area contributed by atoms with Crippen molar-refractivity contribution in [1.82, 2.24) is 0 Å². The summed E-state index contributed by atoms with van der Waals surface area (Å²) in [5.74, 6) is 0.665. The third-order valence-corrected chi connectivity index (χ3v) is 4.84. The number of hydrogen-bond acceptors (Lipinski definition) is 3. The molecular formula is C16H18O3. The highest BCUT2D eigenvalue weighted by atomic mass is 16.5. The lowest BCUT2D eigenvalue weighted by Crippen LogP contribution is -2.54. The Morgan fingerprint density at radius 3 is 2.42 bits per heavy atom. The minimum Gasteiger partial charge on any atom is -0.497 e. The monoisotopic (exact) mass is 258 g/mol. The Morgan fingerprint density at radius 2 is 1.95 bits per heavy atom. The Hall–Kier alpha value is -1.61. The van der Waals surface area contributed by atoms with Gasteiger partial charge in [-0.3, -0.25) is 4.79 Å². The van der Waals surface area contributed by atoms with Crippen molar-refractivity contribution in [3.05, 3.63) is 41.5 Å². The van der Waals surface area contributed by atoms with Gasteiger partial charge in [-0.05, 0) is 43.5 Å². The van der Waals surface area contributed by atoms with Crippen LogP contribution in [-0.4, -0.2) is 23.6 Å². The third-order valence-electron chi connectivity index (χ3n) is 4.84. The van der Waals surface area contributed by atoms with Gasteiger partial charge in [-0.25, -0.2) is 0 Å². The average molecular weight is 258 g/mol. The number of methoxy groups -OCH3 is 1. The molecule has 0 bridgehead atoms. The van der Waals surface area contributed by atoms with Gasteiger partial charge in [0.1, 0.15) is 5.75 Å². The lowest BCUT2D eigenvalue weighted by atomic mass is 9.57. The first-order valence-electron chi connectivity index (χ1n) is 6.62. The molecule has 1 fully saturated rings. The molecule has 0 heterocycles. The first-order chi connectivity index (χ1) is 9.00. The Balaban J connectivity index is 1.89. The van der Waals surface area contributed by atoms with Crippen molar-refractivity contribution in [3.8, 4) is 5.75 Å². The molecule has 0 spiro atoms. The van der Waals surface area contributed by atoms with Gasteiger partial charge in [0.2, 0.25) is 0 Å². The highest BCUT2D eigenvalue weighted by Crippen LogP contribution is 2.60. The van der Waals surface area contributed by atoms with Crippen LogP contribution in [0.4, 0.5) is 0 Å². The molecule has 0 aromatic heterocycles. The van der Waals surface area contributed by atoms with Gasteiger partial charge in [0.05, 0.1) is 12.7 Å². The predicted molar refractivity (Wildman–Crippen MR) is 72.3 cm³/mol. The van der Waals surface area contributed by atoms with Gasteiger partial charge in [-0.2, -0.15) is 0 Å². The highest BCUT2D eigenvalue weighted by Gasteiger charge is 2.60. The van der Waals surface area contributed by atoms with E-state index in [2.05, 4.69) is 6.92 Å². The zero-order chi connectivity index (χ0) is 13.7. The summed E-state index contributed by atoms with van der Waals surface area (Å²) < 4.78 is 5.08. The maximum absolute atomic E-state index is 12.5. The van der Waals surface area contributed by atoms with Gasteiger partial charge < -0.3 is 9.84 Å². The topological polar surface area (TPSA) is 46.5 Å². The van der Waals surface area contributed by atoms with E-state index in [4.69, 9.17) is 4.74 Å². The van der Waals surface area contributed by atoms with Crippen LogP contribution < -0.4 is 4.74 Å². The number of Topliss-reactive ketones (excluding diaryl/α,β-unsaturated/α-hetero) is 1. The predicted octanol–water partition coefficient (Wildman–Crippen LogP) is 2.74. The molecule has 1 N–H and O–H groups in total. The number of carbonyl (C=O) groups is 1. The maximum Gasteiger partial charge on any atom is 0.191 e. The molecular weight excluding hydrogens is 240 g/mol. The number of rotatable bonds is 3. The van der Waals surface area contributed by atoms with Crippen molar-refractivity contribution >= 4 is 5.78 Å². The molecule has 0 unspecified atom stereocenters. The second-order valence-electron chi connectivity index (χ2n) is 5.80. The summed E-state index contributed by atoms with van der Waals surface area (Å²) in [5.41, 5.74) is 0.136. The summed E-state index contributed by atoms with van der Waals surface area (Å²) in [6.45, 7) is 2.06. The molecule has 3 rings (SSSR count). The van der Waals surface area contributed by atoms with Crippen LogP contribution in [0.2, 0.25) is 0 Å². The Morgan fingerprint density at radius 1 is 1.26 bits per heavy atom. The summed E-state index contributed by atoms with van der Waals surface area (Å²) in [4.78, 5) is 12.5. The van der Waals surface area contributed by atoms with E-state index in [1.807, 2.05) is 6.08 Å². The number of ether oxygens (including phenoxy) is 1. The molecule has 1 aromatic carbocycles. The average Bonchev–Trinajstić information content (AvgIpc) is 2.61. The summed E-state index contributed by atoms with van der Waals surface area (Å²) >= 11 is 0. The number of carbonyl (C=O) groups excluding carboxylic acids is 1. The molecule has 0 radical (unpaired) electrons. The van der Waals surface area contributed by atoms with Gasteiger partial charge in [-0.1, -0.05) is 13.0 Å². The van der Waals surface area contributed by atoms with Gasteiger partial charge >= 0.3 is 0 Å². The number of benzene rings is 1. The molecule has 2 aliphatic carbocycles. The van der Waals surface area contributed by atoms with Crippen LogP contribution in [0.5, 0.6) is 5.75 Å². The van der Waals surface area contributed by atoms with E-state index >= 15 is 0 Å². The fraction of sp³-hybridized carbons (Fsp3) is 0.438. The lowest BCUT2D eigenvalue weighted by molar-refractivity contribution is -0.113. The van der Waals surface area contributed by atoms with Crippen molar-refractivity contribution in [2.75, 3.05) is 7.11 Å². The molecule has 0 amide bonds. The second kappa shape index (κ2) is 3.94. The number of ketones is 1. The summed E-state index contributed by atoms with van der Waals surface area (Å²) in [6, 6.07) is 7.04. The lowest BCUT2D eigenvalue weighted by Gasteiger charge is -2.51.